The van der Waals surface area contributed by atoms with Gasteiger partial charge in [0.05, 0.1) is 21.3 Å². The average molecular weight is 380 g/mol. The van der Waals surface area contributed by atoms with Gasteiger partial charge < -0.3 is 30.0 Å². The number of anilines is 1. The number of carbonyl (C=O) groups excluding carboxylic acids is 1. The first-order valence-corrected chi connectivity index (χ1v) is 9.43. The monoisotopic (exact) mass is 380 g/mol. The fourth-order valence-electron chi connectivity index (χ4n) is 3.77. The number of ether oxygens (including phenoxy) is 4. The molecule has 0 heterocycles. The first kappa shape index (κ1) is 21.3. The van der Waals surface area contributed by atoms with E-state index >= 15 is 0 Å². The number of carbonyl (C=O) groups is 1. The quantitative estimate of drug-likeness (QED) is 0.684. The lowest BCUT2D eigenvalue weighted by Gasteiger charge is -2.28. The average Bonchev–Trinajstić information content (AvgIpc) is 2.68. The lowest BCUT2D eigenvalue weighted by Crippen LogP contribution is -2.45. The summed E-state index contributed by atoms with van der Waals surface area (Å²) < 4.78 is 21.4. The highest BCUT2D eigenvalue weighted by molar-refractivity contribution is 5.95. The molecule has 7 nitrogen and oxygen atoms in total. The summed E-state index contributed by atoms with van der Waals surface area (Å²) >= 11 is 0. The van der Waals surface area contributed by atoms with Crippen molar-refractivity contribution >= 4 is 11.6 Å². The molecule has 0 bridgehead atoms. The minimum atomic E-state index is -0.717. The van der Waals surface area contributed by atoms with Crippen molar-refractivity contribution in [3.63, 3.8) is 0 Å². The topological polar surface area (TPSA) is 92.0 Å². The van der Waals surface area contributed by atoms with Crippen LogP contribution in [-0.4, -0.2) is 46.5 Å². The van der Waals surface area contributed by atoms with Crippen molar-refractivity contribution in [2.45, 2.75) is 50.7 Å². The Balaban J connectivity index is 2.08. The van der Waals surface area contributed by atoms with Gasteiger partial charge in [0, 0.05) is 31.0 Å². The van der Waals surface area contributed by atoms with Crippen molar-refractivity contribution in [1.82, 2.24) is 0 Å². The Bertz CT molecular complexity index is 591. The first-order valence-electron chi connectivity index (χ1n) is 9.43. The van der Waals surface area contributed by atoms with E-state index in [9.17, 15) is 4.79 Å². The van der Waals surface area contributed by atoms with Gasteiger partial charge in [0.2, 0.25) is 5.75 Å². The Morgan fingerprint density at radius 1 is 1.07 bits per heavy atom. The predicted molar refractivity (Wildman–Crippen MR) is 105 cm³/mol. The van der Waals surface area contributed by atoms with Gasteiger partial charge in [-0.05, 0) is 12.3 Å². The Labute approximate surface area is 161 Å². The van der Waals surface area contributed by atoms with Gasteiger partial charge >= 0.3 is 0 Å². The molecule has 152 valence electrons. The second kappa shape index (κ2) is 10.4. The van der Waals surface area contributed by atoms with E-state index in [1.807, 2.05) is 0 Å². The van der Waals surface area contributed by atoms with E-state index in [0.717, 1.165) is 6.42 Å². The molecule has 1 aliphatic carbocycles. The van der Waals surface area contributed by atoms with Crippen LogP contribution in [0.15, 0.2) is 12.1 Å². The molecule has 1 unspecified atom stereocenters. The fourth-order valence-corrected chi connectivity index (χ4v) is 3.77. The van der Waals surface area contributed by atoms with Crippen LogP contribution in [0.4, 0.5) is 5.69 Å². The van der Waals surface area contributed by atoms with Crippen LogP contribution >= 0.6 is 0 Å². The minimum absolute atomic E-state index is 0.282. The van der Waals surface area contributed by atoms with E-state index in [1.54, 1.807) is 12.1 Å². The summed E-state index contributed by atoms with van der Waals surface area (Å²) in [7, 11) is 6.10. The number of methoxy groups -OCH3 is 4. The van der Waals surface area contributed by atoms with E-state index in [0.29, 0.717) is 28.9 Å². The standard InChI is InChI=1S/C20H32N2O5/c1-24-16-11-14(12-17(25-2)19(16)27-4)22-20(23)18(26-3)15(21)10-13-8-6-5-7-9-13/h11-13,15,18H,5-10,21H2,1-4H3,(H,22,23)/t15-,18?/m1/s1. The molecule has 1 amide bonds. The molecule has 27 heavy (non-hydrogen) atoms. The summed E-state index contributed by atoms with van der Waals surface area (Å²) in [6, 6.07) is 3.01. The summed E-state index contributed by atoms with van der Waals surface area (Å²) in [5.74, 6) is 1.69. The molecule has 2 rings (SSSR count). The second-order valence-electron chi connectivity index (χ2n) is 6.96. The normalized spacial score (nSPS) is 17.1. The molecule has 1 aromatic rings. The molecule has 3 N–H and O–H groups in total. The summed E-state index contributed by atoms with van der Waals surface area (Å²) in [6.07, 6.45) is 6.21. The molecule has 1 fully saturated rings. The Hall–Kier alpha value is -1.99. The molecule has 1 aromatic carbocycles. The Kier molecular flexibility index (Phi) is 8.19. The lowest BCUT2D eigenvalue weighted by atomic mass is 9.84. The predicted octanol–water partition coefficient (Wildman–Crippen LogP) is 2.96. The smallest absolute Gasteiger partial charge is 0.255 e. The first-order chi connectivity index (χ1) is 13.0. The van der Waals surface area contributed by atoms with Crippen LogP contribution in [-0.2, 0) is 9.53 Å². The molecule has 0 aromatic heterocycles. The number of hydrogen-bond donors (Lipinski definition) is 2. The third kappa shape index (κ3) is 5.49. The number of nitrogens with one attached hydrogen (secondary N) is 1. The number of hydrogen-bond acceptors (Lipinski definition) is 6. The van der Waals surface area contributed by atoms with Crippen LogP contribution in [0.25, 0.3) is 0 Å². The van der Waals surface area contributed by atoms with E-state index in [1.165, 1.54) is 60.5 Å². The number of nitrogens with two attached hydrogens (primary N) is 1. The highest BCUT2D eigenvalue weighted by Gasteiger charge is 2.29. The zero-order chi connectivity index (χ0) is 19.8. The van der Waals surface area contributed by atoms with Crippen LogP contribution in [0.5, 0.6) is 17.2 Å². The van der Waals surface area contributed by atoms with Crippen molar-refractivity contribution in [3.8, 4) is 17.2 Å². The van der Waals surface area contributed by atoms with Crippen molar-refractivity contribution in [2.24, 2.45) is 11.7 Å². The van der Waals surface area contributed by atoms with Gasteiger partial charge in [-0.1, -0.05) is 32.1 Å². The van der Waals surface area contributed by atoms with Crippen molar-refractivity contribution in [2.75, 3.05) is 33.8 Å². The second-order valence-corrected chi connectivity index (χ2v) is 6.96. The summed E-state index contributed by atoms with van der Waals surface area (Å²) in [5, 5.41) is 2.85. The molecule has 1 saturated carbocycles. The molecule has 1 aliphatic rings. The maximum absolute atomic E-state index is 12.8. The van der Waals surface area contributed by atoms with Crippen LogP contribution in [0.3, 0.4) is 0 Å². The molecular formula is C20H32N2O5. The third-order valence-corrected chi connectivity index (χ3v) is 5.16. The van der Waals surface area contributed by atoms with Crippen molar-refractivity contribution in [3.05, 3.63) is 12.1 Å². The highest BCUT2D eigenvalue weighted by Crippen LogP contribution is 2.40. The van der Waals surface area contributed by atoms with Crippen molar-refractivity contribution < 1.29 is 23.7 Å². The summed E-state index contributed by atoms with van der Waals surface area (Å²) in [6.45, 7) is 0. The summed E-state index contributed by atoms with van der Waals surface area (Å²) in [4.78, 5) is 12.8. The largest absolute Gasteiger partial charge is 0.493 e. The van der Waals surface area contributed by atoms with Gasteiger partial charge in [-0.25, -0.2) is 0 Å². The van der Waals surface area contributed by atoms with Gasteiger partial charge in [-0.2, -0.15) is 0 Å². The molecule has 0 aliphatic heterocycles. The molecule has 0 radical (unpaired) electrons. The molecule has 0 spiro atoms. The summed E-state index contributed by atoms with van der Waals surface area (Å²) in [5.41, 5.74) is 6.85. The molecule has 2 atom stereocenters. The maximum atomic E-state index is 12.8. The molecule has 7 heteroatoms. The van der Waals surface area contributed by atoms with Gasteiger partial charge in [-0.3, -0.25) is 4.79 Å². The highest BCUT2D eigenvalue weighted by atomic mass is 16.5. The third-order valence-electron chi connectivity index (χ3n) is 5.16. The molecule has 0 saturated heterocycles. The fraction of sp³-hybridized carbons (Fsp3) is 0.650. The van der Waals surface area contributed by atoms with Gasteiger partial charge in [-0.15, -0.1) is 0 Å². The van der Waals surface area contributed by atoms with Crippen LogP contribution in [0.2, 0.25) is 0 Å². The number of rotatable bonds is 9. The van der Waals surface area contributed by atoms with E-state index < -0.39 is 6.10 Å². The zero-order valence-electron chi connectivity index (χ0n) is 16.7. The Morgan fingerprint density at radius 3 is 2.15 bits per heavy atom. The van der Waals surface area contributed by atoms with E-state index in [-0.39, 0.29) is 11.9 Å². The lowest BCUT2D eigenvalue weighted by molar-refractivity contribution is -0.127. The Morgan fingerprint density at radius 2 is 1.67 bits per heavy atom. The van der Waals surface area contributed by atoms with Crippen LogP contribution in [0, 0.1) is 5.92 Å². The van der Waals surface area contributed by atoms with E-state index in [2.05, 4.69) is 5.32 Å². The van der Waals surface area contributed by atoms with Gasteiger partial charge in [0.25, 0.3) is 5.91 Å². The minimum Gasteiger partial charge on any atom is -0.493 e. The zero-order valence-corrected chi connectivity index (χ0v) is 16.7. The van der Waals surface area contributed by atoms with Crippen LogP contribution in [0.1, 0.15) is 38.5 Å². The number of amides is 1. The number of benzene rings is 1. The van der Waals surface area contributed by atoms with Gasteiger partial charge in [0.1, 0.15) is 0 Å². The molecular weight excluding hydrogens is 348 g/mol. The maximum Gasteiger partial charge on any atom is 0.255 e. The van der Waals surface area contributed by atoms with Gasteiger partial charge in [0.15, 0.2) is 17.6 Å². The van der Waals surface area contributed by atoms with Crippen molar-refractivity contribution in [1.29, 1.82) is 0 Å². The SMILES string of the molecule is COc1cc(NC(=O)C(OC)[C@H](N)CC2CCCCC2)cc(OC)c1OC. The van der Waals surface area contributed by atoms with Crippen LogP contribution < -0.4 is 25.3 Å². The van der Waals surface area contributed by atoms with E-state index in [4.69, 9.17) is 24.7 Å².